The SMILES string of the molecule is N=C1C=c2cnccc2=N1. The van der Waals surface area contributed by atoms with E-state index in [-0.39, 0.29) is 0 Å². The van der Waals surface area contributed by atoms with Crippen molar-refractivity contribution < 1.29 is 0 Å². The number of amidine groups is 1. The van der Waals surface area contributed by atoms with E-state index in [2.05, 4.69) is 9.98 Å². The number of nitrogens with zero attached hydrogens (tertiary/aromatic N) is 2. The van der Waals surface area contributed by atoms with Crippen molar-refractivity contribution in [2.45, 2.75) is 0 Å². The highest BCUT2D eigenvalue weighted by Gasteiger charge is 1.96. The van der Waals surface area contributed by atoms with Gasteiger partial charge >= 0.3 is 0 Å². The topological polar surface area (TPSA) is 49.1 Å². The number of hydrogen-bond donors (Lipinski definition) is 1. The molecule has 1 aliphatic heterocycles. The van der Waals surface area contributed by atoms with Crippen molar-refractivity contribution in [1.29, 1.82) is 5.41 Å². The molecule has 10 heavy (non-hydrogen) atoms. The molecule has 0 spiro atoms. The van der Waals surface area contributed by atoms with Crippen LogP contribution in [0.2, 0.25) is 0 Å². The second-order valence-corrected chi connectivity index (χ2v) is 2.08. The lowest BCUT2D eigenvalue weighted by Gasteiger charge is -1.77. The van der Waals surface area contributed by atoms with E-state index in [1.54, 1.807) is 24.5 Å². The first kappa shape index (κ1) is 5.29. The zero-order valence-electron chi connectivity index (χ0n) is 5.20. The summed E-state index contributed by atoms with van der Waals surface area (Å²) in [5.74, 6) is 0.308. The summed E-state index contributed by atoms with van der Waals surface area (Å²) in [7, 11) is 0. The van der Waals surface area contributed by atoms with Crippen molar-refractivity contribution in [1.82, 2.24) is 4.98 Å². The van der Waals surface area contributed by atoms with Gasteiger partial charge in [-0.25, -0.2) is 4.99 Å². The Morgan fingerprint density at radius 1 is 1.40 bits per heavy atom. The number of hydrogen-bond acceptors (Lipinski definition) is 2. The number of nitrogens with one attached hydrogen (secondary N) is 1. The lowest BCUT2D eigenvalue weighted by Crippen LogP contribution is -2.20. The first-order valence-electron chi connectivity index (χ1n) is 2.95. The van der Waals surface area contributed by atoms with Gasteiger partial charge < -0.3 is 0 Å². The quantitative estimate of drug-likeness (QED) is 0.505. The molecular formula is C7H5N3. The minimum absolute atomic E-state index is 0.308. The van der Waals surface area contributed by atoms with Crippen LogP contribution in [0, 0.1) is 5.41 Å². The van der Waals surface area contributed by atoms with Gasteiger partial charge in [0.1, 0.15) is 5.84 Å². The molecule has 0 atom stereocenters. The molecule has 0 radical (unpaired) electrons. The molecule has 0 aromatic carbocycles. The van der Waals surface area contributed by atoms with Gasteiger partial charge in [0.15, 0.2) is 0 Å². The smallest absolute Gasteiger partial charge is 0.145 e. The molecule has 2 rings (SSSR count). The highest BCUT2D eigenvalue weighted by Crippen LogP contribution is 1.80. The van der Waals surface area contributed by atoms with E-state index in [1.807, 2.05) is 0 Å². The fourth-order valence-electron chi connectivity index (χ4n) is 0.922. The first-order chi connectivity index (χ1) is 4.86. The molecule has 1 aromatic heterocycles. The molecular weight excluding hydrogens is 126 g/mol. The second kappa shape index (κ2) is 1.73. The van der Waals surface area contributed by atoms with Crippen LogP contribution >= 0.6 is 0 Å². The fourth-order valence-corrected chi connectivity index (χ4v) is 0.922. The van der Waals surface area contributed by atoms with E-state index in [0.29, 0.717) is 5.84 Å². The van der Waals surface area contributed by atoms with Crippen LogP contribution in [0.4, 0.5) is 0 Å². The lowest BCUT2D eigenvalue weighted by atomic mass is 10.4. The Labute approximate surface area is 57.3 Å². The molecule has 0 amide bonds. The second-order valence-electron chi connectivity index (χ2n) is 2.08. The minimum Gasteiger partial charge on any atom is -0.283 e. The molecule has 1 aliphatic rings. The molecule has 0 fully saturated rings. The van der Waals surface area contributed by atoms with Gasteiger partial charge in [-0.05, 0) is 12.1 Å². The highest BCUT2D eigenvalue weighted by atomic mass is 14.8. The standard InChI is InChI=1S/C7H5N3/c8-7-3-5-4-9-2-1-6(5)10-7/h1-4,8H. The van der Waals surface area contributed by atoms with Crippen molar-refractivity contribution >= 4 is 11.9 Å². The van der Waals surface area contributed by atoms with E-state index in [1.165, 1.54) is 0 Å². The Morgan fingerprint density at radius 3 is 3.10 bits per heavy atom. The summed E-state index contributed by atoms with van der Waals surface area (Å²) in [5, 5.41) is 8.97. The van der Waals surface area contributed by atoms with E-state index < -0.39 is 0 Å². The summed E-state index contributed by atoms with van der Waals surface area (Å²) in [6.45, 7) is 0. The zero-order chi connectivity index (χ0) is 6.97. The summed E-state index contributed by atoms with van der Waals surface area (Å²) in [6, 6.07) is 1.80. The Bertz CT molecular complexity index is 355. The van der Waals surface area contributed by atoms with Gasteiger partial charge in [-0.3, -0.25) is 10.4 Å². The van der Waals surface area contributed by atoms with E-state index >= 15 is 0 Å². The molecule has 2 heterocycles. The van der Waals surface area contributed by atoms with Crippen LogP contribution in [0.25, 0.3) is 6.08 Å². The van der Waals surface area contributed by atoms with Crippen LogP contribution in [0.5, 0.6) is 0 Å². The molecule has 0 saturated carbocycles. The zero-order valence-corrected chi connectivity index (χ0v) is 5.20. The Morgan fingerprint density at radius 2 is 2.30 bits per heavy atom. The Balaban J connectivity index is 2.96. The first-order valence-corrected chi connectivity index (χ1v) is 2.95. The molecule has 48 valence electrons. The van der Waals surface area contributed by atoms with Gasteiger partial charge in [-0.1, -0.05) is 0 Å². The average molecular weight is 131 g/mol. The molecule has 1 aromatic rings. The van der Waals surface area contributed by atoms with Gasteiger partial charge in [0.05, 0.1) is 5.36 Å². The van der Waals surface area contributed by atoms with Gasteiger partial charge in [-0.2, -0.15) is 0 Å². The average Bonchev–Trinajstić information content (AvgIpc) is 2.27. The highest BCUT2D eigenvalue weighted by molar-refractivity contribution is 6.08. The van der Waals surface area contributed by atoms with Crippen LogP contribution in [-0.2, 0) is 0 Å². The van der Waals surface area contributed by atoms with Crippen LogP contribution < -0.4 is 10.6 Å². The van der Waals surface area contributed by atoms with Crippen molar-refractivity contribution in [3.05, 3.63) is 29.0 Å². The Kier molecular flexibility index (Phi) is 0.917. The fraction of sp³-hybridized carbons (Fsp3) is 0. The number of rotatable bonds is 0. The largest absolute Gasteiger partial charge is 0.283 e. The third-order valence-corrected chi connectivity index (χ3v) is 1.36. The van der Waals surface area contributed by atoms with Gasteiger partial charge in [-0.15, -0.1) is 0 Å². The van der Waals surface area contributed by atoms with Crippen LogP contribution in [-0.4, -0.2) is 10.8 Å². The maximum absolute atomic E-state index is 7.18. The minimum atomic E-state index is 0.308. The van der Waals surface area contributed by atoms with Crippen LogP contribution in [0.3, 0.4) is 0 Å². The third kappa shape index (κ3) is 0.639. The molecule has 1 N–H and O–H groups in total. The van der Waals surface area contributed by atoms with E-state index in [9.17, 15) is 0 Å². The normalized spacial score (nSPS) is 13.8. The summed E-state index contributed by atoms with van der Waals surface area (Å²) in [4.78, 5) is 7.84. The monoisotopic (exact) mass is 131 g/mol. The van der Waals surface area contributed by atoms with E-state index in [0.717, 1.165) is 10.6 Å². The van der Waals surface area contributed by atoms with E-state index in [4.69, 9.17) is 5.41 Å². The maximum atomic E-state index is 7.18. The lowest BCUT2D eigenvalue weighted by molar-refractivity contribution is 1.24. The molecule has 0 aliphatic carbocycles. The summed E-state index contributed by atoms with van der Waals surface area (Å²) in [6.07, 6.45) is 5.08. The molecule has 3 nitrogen and oxygen atoms in total. The summed E-state index contributed by atoms with van der Waals surface area (Å²) < 4.78 is 0. The predicted molar refractivity (Wildman–Crippen MR) is 37.2 cm³/mol. The summed E-state index contributed by atoms with van der Waals surface area (Å²) >= 11 is 0. The van der Waals surface area contributed by atoms with Crippen molar-refractivity contribution in [3.8, 4) is 0 Å². The van der Waals surface area contributed by atoms with Gasteiger partial charge in [0.25, 0.3) is 0 Å². The van der Waals surface area contributed by atoms with Crippen LogP contribution in [0.1, 0.15) is 0 Å². The molecule has 3 heteroatoms. The molecule has 0 saturated heterocycles. The maximum Gasteiger partial charge on any atom is 0.145 e. The van der Waals surface area contributed by atoms with Gasteiger partial charge in [0.2, 0.25) is 0 Å². The van der Waals surface area contributed by atoms with Crippen LogP contribution in [0.15, 0.2) is 23.5 Å². The molecule has 0 unspecified atom stereocenters. The number of aromatic nitrogens is 1. The number of fused-ring (bicyclic) bond motifs is 1. The molecule has 0 bridgehead atoms. The number of pyridine rings is 1. The third-order valence-electron chi connectivity index (χ3n) is 1.36. The van der Waals surface area contributed by atoms with Crippen molar-refractivity contribution in [2.75, 3.05) is 0 Å². The summed E-state index contributed by atoms with van der Waals surface area (Å²) in [5.41, 5.74) is 0. The van der Waals surface area contributed by atoms with Crippen molar-refractivity contribution in [3.63, 3.8) is 0 Å². The van der Waals surface area contributed by atoms with Crippen molar-refractivity contribution in [2.24, 2.45) is 4.99 Å². The predicted octanol–water partition coefficient (Wildman–Crippen LogP) is -0.527. The van der Waals surface area contributed by atoms with Gasteiger partial charge in [0, 0.05) is 17.6 Å². The Hall–Kier alpha value is -1.51.